The van der Waals surface area contributed by atoms with Gasteiger partial charge in [-0.15, -0.1) is 0 Å². The number of hydrogen-bond acceptors (Lipinski definition) is 5. The van der Waals surface area contributed by atoms with Crippen LogP contribution in [0.5, 0.6) is 5.75 Å². The number of amides is 2. The number of carbonyl (C=O) groups is 3. The van der Waals surface area contributed by atoms with Crippen LogP contribution < -0.4 is 15.8 Å². The van der Waals surface area contributed by atoms with Gasteiger partial charge < -0.3 is 25.9 Å². The third-order valence-electron chi connectivity index (χ3n) is 5.11. The van der Waals surface area contributed by atoms with Gasteiger partial charge in [0, 0.05) is 12.0 Å². The van der Waals surface area contributed by atoms with E-state index in [0.29, 0.717) is 23.6 Å². The highest BCUT2D eigenvalue weighted by Crippen LogP contribution is 2.22. The number of carbonyl (C=O) groups excluding carboxylic acids is 2. The monoisotopic (exact) mass is 470 g/mol. The molecule has 1 aromatic heterocycles. The van der Waals surface area contributed by atoms with E-state index in [1.54, 1.807) is 42.5 Å². The molecule has 0 aliphatic carbocycles. The lowest BCUT2D eigenvalue weighted by atomic mass is 10.0. The summed E-state index contributed by atoms with van der Waals surface area (Å²) in [6, 6.07) is 23.6. The van der Waals surface area contributed by atoms with Crippen LogP contribution in [0, 0.1) is 0 Å². The van der Waals surface area contributed by atoms with Gasteiger partial charge in [-0.25, -0.2) is 9.78 Å². The number of aromatic amines is 1. The van der Waals surface area contributed by atoms with Crippen molar-refractivity contribution in [1.29, 1.82) is 0 Å². The Morgan fingerprint density at radius 2 is 1.66 bits per heavy atom. The molecule has 0 radical (unpaired) electrons. The maximum absolute atomic E-state index is 12.9. The van der Waals surface area contributed by atoms with Crippen molar-refractivity contribution in [2.75, 3.05) is 11.9 Å². The Hall–Kier alpha value is -4.92. The molecule has 9 heteroatoms. The summed E-state index contributed by atoms with van der Waals surface area (Å²) in [6.07, 6.45) is 0.318. The molecule has 0 saturated heterocycles. The van der Waals surface area contributed by atoms with Crippen LogP contribution in [0.4, 0.5) is 5.82 Å². The fourth-order valence-electron chi connectivity index (χ4n) is 3.47. The van der Waals surface area contributed by atoms with Crippen LogP contribution in [0.2, 0.25) is 0 Å². The zero-order valence-electron chi connectivity index (χ0n) is 18.5. The Balaban J connectivity index is 1.50. The topological polar surface area (TPSA) is 147 Å². The van der Waals surface area contributed by atoms with Crippen LogP contribution in [0.1, 0.15) is 32.2 Å². The number of nitrogens with one attached hydrogen (secondary N) is 2. The Kier molecular flexibility index (Phi) is 6.87. The summed E-state index contributed by atoms with van der Waals surface area (Å²) in [4.78, 5) is 42.7. The summed E-state index contributed by atoms with van der Waals surface area (Å²) in [5, 5.41) is 11.4. The first-order valence-corrected chi connectivity index (χ1v) is 10.7. The normalized spacial score (nSPS) is 10.5. The molecule has 0 fully saturated rings. The number of benzene rings is 3. The lowest BCUT2D eigenvalue weighted by Gasteiger charge is -2.07. The standard InChI is InChI=1S/C26H22N4O5/c27-24(33)23-25(29-21(28-23)13-16-9-11-20(12-10-16)35-15-22(31)32)30-26(34)19-8-4-7-18(14-19)17-5-2-1-3-6-17/h1-12,14H,13,15H2,(H2,27,33)(H,28,29)(H,30,34)(H,31,32). The number of rotatable bonds is 9. The van der Waals surface area contributed by atoms with E-state index in [2.05, 4.69) is 15.3 Å². The smallest absolute Gasteiger partial charge is 0.341 e. The molecule has 2 amide bonds. The summed E-state index contributed by atoms with van der Waals surface area (Å²) in [5.41, 5.74) is 8.50. The number of H-pyrrole nitrogens is 1. The van der Waals surface area contributed by atoms with Gasteiger partial charge >= 0.3 is 5.97 Å². The second-order valence-corrected chi connectivity index (χ2v) is 7.68. The molecule has 0 unspecified atom stereocenters. The molecule has 0 aliphatic heterocycles. The first-order chi connectivity index (χ1) is 16.9. The highest BCUT2D eigenvalue weighted by Gasteiger charge is 2.18. The van der Waals surface area contributed by atoms with Gasteiger partial charge in [-0.2, -0.15) is 0 Å². The maximum Gasteiger partial charge on any atom is 0.341 e. The van der Waals surface area contributed by atoms with Crippen molar-refractivity contribution < 1.29 is 24.2 Å². The van der Waals surface area contributed by atoms with Crippen molar-refractivity contribution in [2.45, 2.75) is 6.42 Å². The molecular formula is C26H22N4O5. The van der Waals surface area contributed by atoms with Gasteiger partial charge in [0.05, 0.1) is 0 Å². The number of hydrogen-bond donors (Lipinski definition) is 4. The van der Waals surface area contributed by atoms with Gasteiger partial charge in [-0.05, 0) is 41.0 Å². The molecule has 5 N–H and O–H groups in total. The molecular weight excluding hydrogens is 448 g/mol. The van der Waals surface area contributed by atoms with Gasteiger partial charge in [0.2, 0.25) is 0 Å². The molecule has 0 atom stereocenters. The number of carboxylic acid groups (broad SMARTS) is 1. The highest BCUT2D eigenvalue weighted by atomic mass is 16.5. The largest absolute Gasteiger partial charge is 0.482 e. The molecule has 0 aliphatic rings. The number of aliphatic carboxylic acids is 1. The minimum atomic E-state index is -1.06. The second kappa shape index (κ2) is 10.3. The molecule has 0 bridgehead atoms. The number of anilines is 1. The van der Waals surface area contributed by atoms with Crippen molar-refractivity contribution >= 4 is 23.6 Å². The Morgan fingerprint density at radius 3 is 2.34 bits per heavy atom. The SMILES string of the molecule is NC(=O)c1nc(Cc2ccc(OCC(=O)O)cc2)[nH]c1NC(=O)c1cccc(-c2ccccc2)c1. The number of ether oxygens (including phenoxy) is 1. The van der Waals surface area contributed by atoms with E-state index in [1.807, 2.05) is 36.4 Å². The fraction of sp³-hybridized carbons (Fsp3) is 0.0769. The minimum absolute atomic E-state index is 0.0750. The summed E-state index contributed by atoms with van der Waals surface area (Å²) in [7, 11) is 0. The molecule has 176 valence electrons. The van der Waals surface area contributed by atoms with Crippen molar-refractivity contribution in [2.24, 2.45) is 5.73 Å². The van der Waals surface area contributed by atoms with E-state index in [1.165, 1.54) is 0 Å². The first-order valence-electron chi connectivity index (χ1n) is 10.7. The highest BCUT2D eigenvalue weighted by molar-refractivity contribution is 6.07. The third kappa shape index (κ3) is 5.91. The lowest BCUT2D eigenvalue weighted by molar-refractivity contribution is -0.139. The van der Waals surface area contributed by atoms with E-state index in [0.717, 1.165) is 16.7 Å². The summed E-state index contributed by atoms with van der Waals surface area (Å²) in [5.74, 6) is -1.31. The molecule has 3 aromatic carbocycles. The van der Waals surface area contributed by atoms with Crippen molar-refractivity contribution in [1.82, 2.24) is 9.97 Å². The number of nitrogens with two attached hydrogens (primary N) is 1. The van der Waals surface area contributed by atoms with Crippen LogP contribution in [0.3, 0.4) is 0 Å². The Bertz CT molecular complexity index is 1360. The molecule has 9 nitrogen and oxygen atoms in total. The van der Waals surface area contributed by atoms with Crippen LogP contribution in [-0.4, -0.2) is 39.5 Å². The van der Waals surface area contributed by atoms with Crippen LogP contribution in [0.25, 0.3) is 11.1 Å². The number of carboxylic acids is 1. The van der Waals surface area contributed by atoms with Crippen molar-refractivity contribution in [3.8, 4) is 16.9 Å². The van der Waals surface area contributed by atoms with Crippen molar-refractivity contribution in [3.05, 3.63) is 102 Å². The van der Waals surface area contributed by atoms with Crippen LogP contribution in [-0.2, 0) is 11.2 Å². The van der Waals surface area contributed by atoms with E-state index in [-0.39, 0.29) is 11.5 Å². The molecule has 4 rings (SSSR count). The Labute approximate surface area is 200 Å². The van der Waals surface area contributed by atoms with E-state index >= 15 is 0 Å². The quantitative estimate of drug-likeness (QED) is 0.294. The second-order valence-electron chi connectivity index (χ2n) is 7.68. The molecule has 1 heterocycles. The third-order valence-corrected chi connectivity index (χ3v) is 5.11. The van der Waals surface area contributed by atoms with Gasteiger partial charge in [0.15, 0.2) is 12.3 Å². The molecule has 4 aromatic rings. The lowest BCUT2D eigenvalue weighted by Crippen LogP contribution is -2.18. The summed E-state index contributed by atoms with van der Waals surface area (Å²) >= 11 is 0. The number of aromatic nitrogens is 2. The van der Waals surface area contributed by atoms with Crippen LogP contribution >= 0.6 is 0 Å². The Morgan fingerprint density at radius 1 is 0.943 bits per heavy atom. The summed E-state index contributed by atoms with van der Waals surface area (Å²) < 4.78 is 5.12. The molecule has 0 spiro atoms. The zero-order chi connectivity index (χ0) is 24.8. The van der Waals surface area contributed by atoms with Gasteiger partial charge in [0.1, 0.15) is 17.4 Å². The van der Waals surface area contributed by atoms with E-state index < -0.39 is 24.4 Å². The summed E-state index contributed by atoms with van der Waals surface area (Å²) in [6.45, 7) is -0.434. The van der Waals surface area contributed by atoms with Crippen LogP contribution in [0.15, 0.2) is 78.9 Å². The van der Waals surface area contributed by atoms with Gasteiger partial charge in [0.25, 0.3) is 11.8 Å². The predicted octanol–water partition coefficient (Wildman–Crippen LogP) is 3.48. The number of nitrogens with zero attached hydrogens (tertiary/aromatic N) is 1. The van der Waals surface area contributed by atoms with Gasteiger partial charge in [-0.3, -0.25) is 9.59 Å². The van der Waals surface area contributed by atoms with Crippen molar-refractivity contribution in [3.63, 3.8) is 0 Å². The number of primary amides is 1. The predicted molar refractivity (Wildman–Crippen MR) is 129 cm³/mol. The molecule has 35 heavy (non-hydrogen) atoms. The minimum Gasteiger partial charge on any atom is -0.482 e. The maximum atomic E-state index is 12.9. The fourth-order valence-corrected chi connectivity index (χ4v) is 3.47. The average molecular weight is 470 g/mol. The van der Waals surface area contributed by atoms with E-state index in [9.17, 15) is 14.4 Å². The van der Waals surface area contributed by atoms with Gasteiger partial charge in [-0.1, -0.05) is 54.6 Å². The number of imidazole rings is 1. The average Bonchev–Trinajstić information content (AvgIpc) is 3.26. The molecule has 0 saturated carbocycles. The first kappa shape index (κ1) is 23.2. The zero-order valence-corrected chi connectivity index (χ0v) is 18.5. The van der Waals surface area contributed by atoms with E-state index in [4.69, 9.17) is 15.6 Å².